The lowest BCUT2D eigenvalue weighted by Crippen LogP contribution is -2.35. The Bertz CT molecular complexity index is 1730. The molecular weight excluding hydrogens is 635 g/mol. The smallest absolute Gasteiger partial charge is 0.305 e. The van der Waals surface area contributed by atoms with Crippen molar-refractivity contribution in [1.82, 2.24) is 15.1 Å². The fraction of sp³-hybridized carbons (Fsp3) is 0.273. The highest BCUT2D eigenvalue weighted by Gasteiger charge is 2.25. The molecule has 2 amide bonds. The Kier molecular flexibility index (Phi) is 10.7. The van der Waals surface area contributed by atoms with Crippen molar-refractivity contribution in [1.29, 1.82) is 0 Å². The molecule has 1 aliphatic rings. The first kappa shape index (κ1) is 32.4. The number of benzene rings is 3. The Balaban J connectivity index is 1.25. The van der Waals surface area contributed by atoms with Gasteiger partial charge in [-0.25, -0.2) is 0 Å². The van der Waals surface area contributed by atoms with Crippen molar-refractivity contribution < 1.29 is 24.2 Å². The molecule has 1 aliphatic heterocycles. The van der Waals surface area contributed by atoms with Gasteiger partial charge in [-0.2, -0.15) is 5.10 Å². The number of aliphatic carboxylic acids is 1. The van der Waals surface area contributed by atoms with Gasteiger partial charge >= 0.3 is 5.97 Å². The van der Waals surface area contributed by atoms with Crippen LogP contribution < -0.4 is 15.0 Å². The molecular formula is C33H32Cl2N4O5S. The number of hydrogen-bond donors (Lipinski definition) is 2. The van der Waals surface area contributed by atoms with E-state index in [4.69, 9.17) is 33.0 Å². The van der Waals surface area contributed by atoms with Crippen LogP contribution in [0, 0.1) is 6.92 Å². The van der Waals surface area contributed by atoms with E-state index in [0.717, 1.165) is 38.8 Å². The van der Waals surface area contributed by atoms with Crippen molar-refractivity contribution in [3.05, 3.63) is 93.7 Å². The predicted octanol–water partition coefficient (Wildman–Crippen LogP) is 6.72. The van der Waals surface area contributed by atoms with Crippen LogP contribution in [0.4, 0.5) is 5.69 Å². The molecule has 0 atom stereocenters. The van der Waals surface area contributed by atoms with Crippen molar-refractivity contribution in [2.24, 2.45) is 0 Å². The van der Waals surface area contributed by atoms with Crippen molar-refractivity contribution in [3.63, 3.8) is 0 Å². The van der Waals surface area contributed by atoms with E-state index in [1.54, 1.807) is 34.8 Å². The van der Waals surface area contributed by atoms with Gasteiger partial charge in [0, 0.05) is 58.1 Å². The number of aromatic nitrogens is 2. The fourth-order valence-corrected chi connectivity index (χ4v) is 6.62. The molecule has 4 aromatic rings. The first-order chi connectivity index (χ1) is 21.7. The Hall–Kier alpha value is -3.99. The summed E-state index contributed by atoms with van der Waals surface area (Å²) in [7, 11) is 0. The van der Waals surface area contributed by atoms with E-state index < -0.39 is 11.9 Å². The molecule has 2 N–H and O–H groups in total. The molecule has 0 fully saturated rings. The van der Waals surface area contributed by atoms with Crippen LogP contribution in [-0.4, -0.2) is 58.1 Å². The second-order valence-corrected chi connectivity index (χ2v) is 12.4. The van der Waals surface area contributed by atoms with Gasteiger partial charge in [0.15, 0.2) is 0 Å². The number of fused-ring (bicyclic) bond motifs is 1. The van der Waals surface area contributed by atoms with Gasteiger partial charge in [0.2, 0.25) is 5.91 Å². The third-order valence-electron chi connectivity index (χ3n) is 7.38. The highest BCUT2D eigenvalue weighted by Crippen LogP contribution is 2.42. The number of halogens is 2. The van der Waals surface area contributed by atoms with E-state index in [1.807, 2.05) is 60.5 Å². The monoisotopic (exact) mass is 666 g/mol. The summed E-state index contributed by atoms with van der Waals surface area (Å²) in [5.74, 6) is 0.137. The number of amides is 2. The number of ether oxygens (including phenoxy) is 1. The SMILES string of the molecule is Cc1c(Cl)cccc1OCCCC(=O)N1CCSc2c(-c3cnn(Cc4cccc(C(=O)NCCC(=O)O)c4Cl)c3)cccc21. The second kappa shape index (κ2) is 14.9. The van der Waals surface area contributed by atoms with E-state index in [9.17, 15) is 14.4 Å². The number of nitrogens with one attached hydrogen (secondary N) is 1. The Morgan fingerprint density at radius 1 is 1.07 bits per heavy atom. The van der Waals surface area contributed by atoms with Crippen molar-refractivity contribution >= 4 is 58.4 Å². The van der Waals surface area contributed by atoms with Crippen molar-refractivity contribution in [2.75, 3.05) is 30.3 Å². The van der Waals surface area contributed by atoms with Gasteiger partial charge in [-0.15, -0.1) is 11.8 Å². The fourth-order valence-electron chi connectivity index (χ4n) is 5.04. The minimum Gasteiger partial charge on any atom is -0.493 e. The molecule has 0 unspecified atom stereocenters. The van der Waals surface area contributed by atoms with Crippen molar-refractivity contribution in [2.45, 2.75) is 37.6 Å². The average molecular weight is 668 g/mol. The van der Waals surface area contributed by atoms with E-state index in [2.05, 4.69) is 10.4 Å². The van der Waals surface area contributed by atoms with E-state index in [1.165, 1.54) is 0 Å². The van der Waals surface area contributed by atoms with Crippen LogP contribution in [0.2, 0.25) is 10.0 Å². The summed E-state index contributed by atoms with van der Waals surface area (Å²) < 4.78 is 7.63. The molecule has 234 valence electrons. The van der Waals surface area contributed by atoms with Gasteiger partial charge in [0.1, 0.15) is 5.75 Å². The van der Waals surface area contributed by atoms with E-state index >= 15 is 0 Å². The van der Waals surface area contributed by atoms with Crippen LogP contribution in [-0.2, 0) is 16.1 Å². The van der Waals surface area contributed by atoms with Gasteiger partial charge in [-0.3, -0.25) is 19.1 Å². The third-order valence-corrected chi connectivity index (χ3v) is 9.34. The number of rotatable bonds is 12. The van der Waals surface area contributed by atoms with E-state index in [0.29, 0.717) is 43.1 Å². The molecule has 0 spiro atoms. The van der Waals surface area contributed by atoms with Crippen molar-refractivity contribution in [3.8, 4) is 16.9 Å². The molecule has 12 heteroatoms. The maximum atomic E-state index is 13.3. The lowest BCUT2D eigenvalue weighted by Gasteiger charge is -2.30. The number of thioether (sulfide) groups is 1. The zero-order chi connectivity index (χ0) is 31.9. The number of hydrogen-bond acceptors (Lipinski definition) is 6. The second-order valence-electron chi connectivity index (χ2n) is 10.5. The Morgan fingerprint density at radius 2 is 1.87 bits per heavy atom. The van der Waals surface area contributed by atoms with Gasteiger partial charge < -0.3 is 20.1 Å². The molecule has 9 nitrogen and oxygen atoms in total. The summed E-state index contributed by atoms with van der Waals surface area (Å²) in [5.41, 5.74) is 4.63. The van der Waals surface area contributed by atoms with Gasteiger partial charge in [-0.1, -0.05) is 53.5 Å². The largest absolute Gasteiger partial charge is 0.493 e. The molecule has 0 aliphatic carbocycles. The minimum atomic E-state index is -0.992. The summed E-state index contributed by atoms with van der Waals surface area (Å²) in [6.07, 6.45) is 4.48. The average Bonchev–Trinajstić information content (AvgIpc) is 3.49. The zero-order valence-electron chi connectivity index (χ0n) is 24.6. The first-order valence-electron chi connectivity index (χ1n) is 14.5. The predicted molar refractivity (Wildman–Crippen MR) is 177 cm³/mol. The molecule has 1 aromatic heterocycles. The molecule has 3 aromatic carbocycles. The first-order valence-corrected chi connectivity index (χ1v) is 16.2. The molecule has 0 saturated carbocycles. The van der Waals surface area contributed by atoms with Crippen LogP contribution in [0.1, 0.15) is 40.7 Å². The summed E-state index contributed by atoms with van der Waals surface area (Å²) in [6, 6.07) is 16.7. The number of carbonyl (C=O) groups is 3. The van der Waals surface area contributed by atoms with Crippen LogP contribution in [0.3, 0.4) is 0 Å². The van der Waals surface area contributed by atoms with Gasteiger partial charge in [0.05, 0.1) is 42.0 Å². The lowest BCUT2D eigenvalue weighted by molar-refractivity contribution is -0.136. The summed E-state index contributed by atoms with van der Waals surface area (Å²) in [5, 5.41) is 16.9. The number of carboxylic acids is 1. The summed E-state index contributed by atoms with van der Waals surface area (Å²) >= 11 is 14.5. The molecule has 5 rings (SSSR count). The van der Waals surface area contributed by atoms with Crippen LogP contribution in [0.5, 0.6) is 5.75 Å². The Labute approximate surface area is 275 Å². The summed E-state index contributed by atoms with van der Waals surface area (Å²) in [6.45, 7) is 3.31. The molecule has 2 heterocycles. The third kappa shape index (κ3) is 7.81. The van der Waals surface area contributed by atoms with Crippen LogP contribution in [0.15, 0.2) is 71.9 Å². The molecule has 0 saturated heterocycles. The maximum Gasteiger partial charge on any atom is 0.305 e. The molecule has 45 heavy (non-hydrogen) atoms. The normalized spacial score (nSPS) is 12.5. The van der Waals surface area contributed by atoms with Crippen LogP contribution in [0.25, 0.3) is 11.1 Å². The maximum absolute atomic E-state index is 13.3. The topological polar surface area (TPSA) is 114 Å². The molecule has 0 radical (unpaired) electrons. The number of carbonyl (C=O) groups excluding carboxylic acids is 2. The van der Waals surface area contributed by atoms with E-state index in [-0.39, 0.29) is 29.5 Å². The zero-order valence-corrected chi connectivity index (χ0v) is 26.9. The van der Waals surface area contributed by atoms with Crippen LogP contribution >= 0.6 is 35.0 Å². The lowest BCUT2D eigenvalue weighted by atomic mass is 10.1. The minimum absolute atomic E-state index is 0.0117. The summed E-state index contributed by atoms with van der Waals surface area (Å²) in [4.78, 5) is 39.5. The van der Waals surface area contributed by atoms with Gasteiger partial charge in [-0.05, 0) is 43.2 Å². The standard InChI is InChI=1S/C33H32Cl2N4O5S/c1-21-26(34)9-4-11-28(21)44-16-5-12-29(40)39-15-17-45-32-24(7-3-10-27(32)39)23-18-37-38(20-23)19-22-6-2-8-25(31(22)35)33(43)36-14-13-30(41)42/h2-4,6-11,18,20H,5,12-17,19H2,1H3,(H,36,43)(H,41,42). The number of anilines is 1. The molecule has 0 bridgehead atoms. The number of nitrogens with zero attached hydrogens (tertiary/aromatic N) is 3. The highest BCUT2D eigenvalue weighted by molar-refractivity contribution is 7.99. The highest BCUT2D eigenvalue weighted by atomic mass is 35.5. The quantitative estimate of drug-likeness (QED) is 0.161. The number of carboxylic acid groups (broad SMARTS) is 1. The van der Waals surface area contributed by atoms with Gasteiger partial charge in [0.25, 0.3) is 5.91 Å². The Morgan fingerprint density at radius 3 is 2.69 bits per heavy atom.